The van der Waals surface area contributed by atoms with Gasteiger partial charge in [0.05, 0.1) is 0 Å². The summed E-state index contributed by atoms with van der Waals surface area (Å²) in [6.45, 7) is 4.71. The Bertz CT molecular complexity index is 3430. The summed E-state index contributed by atoms with van der Waals surface area (Å²) in [7, 11) is 0. The molecule has 1 aromatic heterocycles. The van der Waals surface area contributed by atoms with Gasteiger partial charge in [-0.05, 0) is 125 Å². The van der Waals surface area contributed by atoms with E-state index in [1.54, 1.807) is 0 Å². The summed E-state index contributed by atoms with van der Waals surface area (Å²) < 4.78 is 2.66. The fourth-order valence-electron chi connectivity index (χ4n) is 9.93. The van der Waals surface area contributed by atoms with Crippen LogP contribution in [0.3, 0.4) is 0 Å². The first-order valence-corrected chi connectivity index (χ1v) is 21.3. The van der Waals surface area contributed by atoms with Crippen molar-refractivity contribution in [2.75, 3.05) is 4.90 Å². The van der Waals surface area contributed by atoms with Gasteiger partial charge in [0.1, 0.15) is 0 Å². The predicted molar refractivity (Wildman–Crippen MR) is 255 cm³/mol. The number of fused-ring (bicyclic) bond motifs is 12. The van der Waals surface area contributed by atoms with Gasteiger partial charge in [0.2, 0.25) is 0 Å². The zero-order valence-electron chi connectivity index (χ0n) is 32.9. The average molecular weight is 770 g/mol. The molecule has 59 heavy (non-hydrogen) atoms. The lowest BCUT2D eigenvalue weighted by Crippen LogP contribution is -2.14. The van der Waals surface area contributed by atoms with E-state index in [0.717, 1.165) is 17.1 Å². The number of anilines is 3. The minimum atomic E-state index is -0.0427. The summed E-state index contributed by atoms with van der Waals surface area (Å²) in [4.78, 5) is 2.42. The van der Waals surface area contributed by atoms with E-state index in [2.05, 4.69) is 219 Å². The van der Waals surface area contributed by atoms with Crippen LogP contribution in [0, 0.1) is 0 Å². The highest BCUT2D eigenvalue weighted by molar-refractivity contribution is 7.26. The molecule has 0 fully saturated rings. The van der Waals surface area contributed by atoms with Crippen LogP contribution in [0.5, 0.6) is 0 Å². The number of rotatable bonds is 5. The van der Waals surface area contributed by atoms with Gasteiger partial charge < -0.3 is 4.90 Å². The van der Waals surface area contributed by atoms with Crippen LogP contribution in [0.25, 0.3) is 85.9 Å². The molecule has 0 saturated carbocycles. The van der Waals surface area contributed by atoms with E-state index in [1.165, 1.54) is 97.0 Å². The Labute approximate surface area is 348 Å². The molecule has 0 bridgehead atoms. The molecule has 0 aliphatic heterocycles. The molecule has 1 aliphatic carbocycles. The monoisotopic (exact) mass is 769 g/mol. The zero-order chi connectivity index (χ0) is 39.2. The quantitative estimate of drug-likeness (QED) is 0.158. The van der Waals surface area contributed by atoms with Crippen molar-refractivity contribution in [3.05, 3.63) is 211 Å². The van der Waals surface area contributed by atoms with Gasteiger partial charge in [0.15, 0.2) is 0 Å². The molecule has 0 spiro atoms. The van der Waals surface area contributed by atoms with Crippen LogP contribution < -0.4 is 4.90 Å². The molecule has 0 atom stereocenters. The molecular formula is C57H39NS. The molecule has 11 aromatic rings. The third-order valence-electron chi connectivity index (χ3n) is 12.9. The Morgan fingerprint density at radius 3 is 1.56 bits per heavy atom. The van der Waals surface area contributed by atoms with Crippen molar-refractivity contribution in [2.24, 2.45) is 0 Å². The molecular weight excluding hydrogens is 731 g/mol. The zero-order valence-corrected chi connectivity index (χ0v) is 33.7. The van der Waals surface area contributed by atoms with Crippen molar-refractivity contribution in [1.29, 1.82) is 0 Å². The maximum atomic E-state index is 2.42. The molecule has 1 heterocycles. The summed E-state index contributed by atoms with van der Waals surface area (Å²) >= 11 is 1.88. The molecule has 0 unspecified atom stereocenters. The van der Waals surface area contributed by atoms with Crippen molar-refractivity contribution < 1.29 is 0 Å². The van der Waals surface area contributed by atoms with Crippen molar-refractivity contribution in [2.45, 2.75) is 19.3 Å². The number of thiophene rings is 1. The van der Waals surface area contributed by atoms with Crippen LogP contribution in [0.1, 0.15) is 25.0 Å². The second-order valence-electron chi connectivity index (χ2n) is 16.5. The average Bonchev–Trinajstić information content (AvgIpc) is 3.79. The summed E-state index contributed by atoms with van der Waals surface area (Å²) in [6, 6.07) is 74.4. The van der Waals surface area contributed by atoms with Gasteiger partial charge in [-0.2, -0.15) is 0 Å². The predicted octanol–water partition coefficient (Wildman–Crippen LogP) is 16.6. The lowest BCUT2D eigenvalue weighted by atomic mass is 9.81. The van der Waals surface area contributed by atoms with Crippen molar-refractivity contribution in [1.82, 2.24) is 0 Å². The maximum Gasteiger partial charge on any atom is 0.0468 e. The summed E-state index contributed by atoms with van der Waals surface area (Å²) in [5, 5.41) is 10.3. The Balaban J connectivity index is 0.994. The highest BCUT2D eigenvalue weighted by Gasteiger charge is 2.35. The maximum absolute atomic E-state index is 2.42. The van der Waals surface area contributed by atoms with Gasteiger partial charge in [0, 0.05) is 42.6 Å². The van der Waals surface area contributed by atoms with Crippen molar-refractivity contribution >= 4 is 80.9 Å². The second kappa shape index (κ2) is 13.0. The molecule has 1 aliphatic rings. The fraction of sp³-hybridized carbons (Fsp3) is 0.0526. The first kappa shape index (κ1) is 34.1. The van der Waals surface area contributed by atoms with Crippen LogP contribution in [-0.2, 0) is 5.41 Å². The molecule has 0 N–H and O–H groups in total. The molecule has 0 radical (unpaired) electrons. The SMILES string of the molecule is CC1(C)c2ccccc2-c2ccc(-c3ccc(N(c4ccc(-c5cccc6c5sc5ccccc56)cc4)c4ccc5c6ccccc6c6ccccc6c5c4)cc3)cc21. The summed E-state index contributed by atoms with van der Waals surface area (Å²) in [5.74, 6) is 0. The van der Waals surface area contributed by atoms with Gasteiger partial charge in [0.25, 0.3) is 0 Å². The first-order valence-electron chi connectivity index (χ1n) is 20.5. The topological polar surface area (TPSA) is 3.24 Å². The van der Waals surface area contributed by atoms with Crippen molar-refractivity contribution in [3.63, 3.8) is 0 Å². The van der Waals surface area contributed by atoms with Gasteiger partial charge in [-0.3, -0.25) is 0 Å². The molecule has 10 aromatic carbocycles. The third kappa shape index (κ3) is 5.23. The number of hydrogen-bond acceptors (Lipinski definition) is 2. The van der Waals surface area contributed by atoms with E-state index in [4.69, 9.17) is 0 Å². The Morgan fingerprint density at radius 2 is 0.847 bits per heavy atom. The fourth-order valence-corrected chi connectivity index (χ4v) is 11.2. The minimum absolute atomic E-state index is 0.0427. The van der Waals surface area contributed by atoms with Gasteiger partial charge in [-0.1, -0.05) is 166 Å². The van der Waals surface area contributed by atoms with E-state index in [-0.39, 0.29) is 5.41 Å². The number of benzene rings is 10. The summed E-state index contributed by atoms with van der Waals surface area (Å²) in [6.07, 6.45) is 0. The highest BCUT2D eigenvalue weighted by Crippen LogP contribution is 2.50. The van der Waals surface area contributed by atoms with E-state index in [1.807, 2.05) is 11.3 Å². The van der Waals surface area contributed by atoms with E-state index < -0.39 is 0 Å². The van der Waals surface area contributed by atoms with Crippen LogP contribution in [0.15, 0.2) is 200 Å². The van der Waals surface area contributed by atoms with Gasteiger partial charge in [-0.15, -0.1) is 11.3 Å². The molecule has 12 rings (SSSR count). The van der Waals surface area contributed by atoms with Crippen LogP contribution in [0.4, 0.5) is 17.1 Å². The lowest BCUT2D eigenvalue weighted by Gasteiger charge is -2.27. The van der Waals surface area contributed by atoms with Crippen LogP contribution >= 0.6 is 11.3 Å². The Hall–Kier alpha value is -7.00. The van der Waals surface area contributed by atoms with Gasteiger partial charge in [-0.25, -0.2) is 0 Å². The number of nitrogens with zero attached hydrogens (tertiary/aromatic N) is 1. The first-order chi connectivity index (χ1) is 29.0. The lowest BCUT2D eigenvalue weighted by molar-refractivity contribution is 0.660. The largest absolute Gasteiger partial charge is 0.310 e. The molecule has 1 nitrogen and oxygen atoms in total. The van der Waals surface area contributed by atoms with E-state index in [9.17, 15) is 0 Å². The van der Waals surface area contributed by atoms with Crippen LogP contribution in [-0.4, -0.2) is 0 Å². The standard InChI is InChI=1S/C57H39NS/c1-57(2)53-20-9-7-16-48(53)49-32-26-38(34-54(49)57)36-22-27-39(28-23-36)58(41-31-33-47-45-14-4-3-12-43(45)44-13-5-6-15-46(44)52(47)35-41)40-29-24-37(25-30-40)42-18-11-19-51-50-17-8-10-21-55(50)59-56(42)51/h3-35H,1-2H3. The van der Waals surface area contributed by atoms with Crippen molar-refractivity contribution in [3.8, 4) is 33.4 Å². The molecule has 0 saturated heterocycles. The smallest absolute Gasteiger partial charge is 0.0468 e. The third-order valence-corrected chi connectivity index (χ3v) is 14.1. The molecule has 2 heteroatoms. The number of hydrogen-bond donors (Lipinski definition) is 0. The summed E-state index contributed by atoms with van der Waals surface area (Å²) in [5.41, 5.74) is 13.8. The minimum Gasteiger partial charge on any atom is -0.310 e. The normalized spacial score (nSPS) is 13.1. The van der Waals surface area contributed by atoms with Crippen LogP contribution in [0.2, 0.25) is 0 Å². The highest BCUT2D eigenvalue weighted by atomic mass is 32.1. The van der Waals surface area contributed by atoms with Gasteiger partial charge >= 0.3 is 0 Å². The Morgan fingerprint density at radius 1 is 0.339 bits per heavy atom. The second-order valence-corrected chi connectivity index (χ2v) is 17.5. The Kier molecular flexibility index (Phi) is 7.51. The van der Waals surface area contributed by atoms with E-state index in [0.29, 0.717) is 0 Å². The molecule has 0 amide bonds. The molecule has 278 valence electrons. The van der Waals surface area contributed by atoms with E-state index >= 15 is 0 Å².